The second-order valence-electron chi connectivity index (χ2n) is 15.9. The van der Waals surface area contributed by atoms with E-state index in [0.717, 1.165) is 46.9 Å². The smallest absolute Gasteiger partial charge is 0.366 e. The molecule has 11 atom stereocenters. The predicted molar refractivity (Wildman–Crippen MR) is 238 cm³/mol. The first-order valence-corrected chi connectivity index (χ1v) is 22.0. The molecule has 0 radical (unpaired) electrons. The number of ether oxygens (including phenoxy) is 12. The molecule has 0 bridgehead atoms. The van der Waals surface area contributed by atoms with Gasteiger partial charge in [-0.3, -0.25) is 19.2 Å². The third-order valence-electron chi connectivity index (χ3n) is 10.7. The lowest BCUT2D eigenvalue weighted by Crippen LogP contribution is -2.67. The summed E-state index contributed by atoms with van der Waals surface area (Å²) in [6, 6.07) is 20.0. The van der Waals surface area contributed by atoms with E-state index in [0.29, 0.717) is 0 Å². The van der Waals surface area contributed by atoms with Crippen LogP contribution in [0.4, 0.5) is 0 Å². The molecule has 386 valence electrons. The van der Waals surface area contributed by atoms with E-state index < -0.39 is 151 Å². The maximum atomic E-state index is 14.3. The second-order valence-corrected chi connectivity index (χ2v) is 15.9. The molecule has 0 amide bonds. The number of methoxy groups -OCH3 is 1. The summed E-state index contributed by atoms with van der Waals surface area (Å²) >= 11 is 0. The number of carbonyl (C=O) groups excluding carboxylic acids is 8. The third kappa shape index (κ3) is 14.3. The number of hydrogen-bond donors (Lipinski definition) is 2. The van der Waals surface area contributed by atoms with Gasteiger partial charge in [-0.15, -0.1) is 6.58 Å². The number of benzene rings is 3. The van der Waals surface area contributed by atoms with Crippen LogP contribution in [0.3, 0.4) is 0 Å². The van der Waals surface area contributed by atoms with E-state index in [1.54, 1.807) is 36.4 Å². The van der Waals surface area contributed by atoms with Crippen LogP contribution >= 0.6 is 0 Å². The summed E-state index contributed by atoms with van der Waals surface area (Å²) in [5, 5.41) is 22.0. The van der Waals surface area contributed by atoms with Crippen molar-refractivity contribution in [2.75, 3.05) is 26.9 Å². The normalized spacial score (nSPS) is 24.4. The summed E-state index contributed by atoms with van der Waals surface area (Å²) in [5.41, 5.74) is -0.986. The van der Waals surface area contributed by atoms with E-state index in [4.69, 9.17) is 56.8 Å². The zero-order valence-corrected chi connectivity index (χ0v) is 39.4. The van der Waals surface area contributed by atoms with Crippen molar-refractivity contribution in [3.8, 4) is 0 Å². The van der Waals surface area contributed by atoms with E-state index in [2.05, 4.69) is 6.58 Å². The molecular formula is C49H52O23. The lowest BCUT2D eigenvalue weighted by molar-refractivity contribution is -0.347. The number of hydrogen-bond acceptors (Lipinski definition) is 22. The van der Waals surface area contributed by atoms with Crippen molar-refractivity contribution in [2.24, 2.45) is 0 Å². The van der Waals surface area contributed by atoms with Gasteiger partial charge in [-0.2, -0.15) is 0 Å². The average molecular weight is 1010 g/mol. The first-order chi connectivity index (χ1) is 34.3. The molecule has 2 fully saturated rings. The lowest BCUT2D eigenvalue weighted by Gasteiger charge is -2.48. The molecule has 2 unspecified atom stereocenters. The fraction of sp³-hybridized carbons (Fsp3) is 0.408. The number of rotatable bonds is 21. The minimum absolute atomic E-state index is 0.0216. The van der Waals surface area contributed by atoms with E-state index in [-0.39, 0.29) is 17.7 Å². The van der Waals surface area contributed by atoms with Crippen LogP contribution in [0.2, 0.25) is 0 Å². The summed E-state index contributed by atoms with van der Waals surface area (Å²) in [6.45, 7) is 5.30. The predicted octanol–water partition coefficient (Wildman–Crippen LogP) is 2.68. The van der Waals surface area contributed by atoms with Crippen LogP contribution in [0, 0.1) is 0 Å². The highest BCUT2D eigenvalue weighted by atomic mass is 16.8. The van der Waals surface area contributed by atoms with Gasteiger partial charge in [0, 0.05) is 27.7 Å². The fourth-order valence-corrected chi connectivity index (χ4v) is 7.61. The molecule has 0 saturated carbocycles. The maximum absolute atomic E-state index is 14.3. The van der Waals surface area contributed by atoms with Gasteiger partial charge in [0.1, 0.15) is 31.0 Å². The molecule has 72 heavy (non-hydrogen) atoms. The molecule has 23 nitrogen and oxygen atoms in total. The lowest BCUT2D eigenvalue weighted by atomic mass is 9.89. The van der Waals surface area contributed by atoms with Gasteiger partial charge in [0.15, 0.2) is 36.8 Å². The van der Waals surface area contributed by atoms with Crippen molar-refractivity contribution in [3.05, 3.63) is 120 Å². The number of esters is 8. The Labute approximate surface area is 411 Å². The number of carbonyl (C=O) groups is 9. The summed E-state index contributed by atoms with van der Waals surface area (Å²) < 4.78 is 68.9. The SMILES string of the molecule is C=CCO[C@H]1O[C@H](CO[C@]2(C(=O)OC)C[C@H](OC(C)=O)[C@@H](OC(=O)c3ccccc3C(=O)O)[C@H](C(OC(C)=O)C(COC(C)=O)OC(C)=O)O2)[C@H](O)[C@H](OC(=O)c2ccccc2)[C@H]1OC(=O)c1ccccc1. The zero-order valence-electron chi connectivity index (χ0n) is 39.4. The topological polar surface area (TPSA) is 305 Å². The van der Waals surface area contributed by atoms with Gasteiger partial charge >= 0.3 is 53.7 Å². The van der Waals surface area contributed by atoms with Crippen LogP contribution in [0.15, 0.2) is 97.6 Å². The zero-order chi connectivity index (χ0) is 52.7. The van der Waals surface area contributed by atoms with Gasteiger partial charge in [-0.05, 0) is 36.4 Å². The average Bonchev–Trinajstić information content (AvgIpc) is 3.35. The summed E-state index contributed by atoms with van der Waals surface area (Å²) in [6.07, 6.45) is -18.7. The van der Waals surface area contributed by atoms with Gasteiger partial charge in [0.2, 0.25) is 0 Å². The number of aliphatic hydroxyl groups is 1. The van der Waals surface area contributed by atoms with Crippen LogP contribution in [-0.4, -0.2) is 158 Å². The molecule has 3 aromatic carbocycles. The number of carboxylic acids is 1. The number of aliphatic hydroxyl groups excluding tert-OH is 1. The quantitative estimate of drug-likeness (QED) is 0.0880. The Hall–Kier alpha value is -7.57. The van der Waals surface area contributed by atoms with Gasteiger partial charge in [-0.1, -0.05) is 54.6 Å². The van der Waals surface area contributed by atoms with Crippen molar-refractivity contribution in [3.63, 3.8) is 0 Å². The van der Waals surface area contributed by atoms with Gasteiger partial charge in [-0.25, -0.2) is 24.0 Å². The molecule has 2 heterocycles. The fourth-order valence-electron chi connectivity index (χ4n) is 7.61. The van der Waals surface area contributed by atoms with Gasteiger partial charge < -0.3 is 67.1 Å². The van der Waals surface area contributed by atoms with Crippen LogP contribution in [-0.2, 0) is 80.8 Å². The Kier molecular flexibility index (Phi) is 19.6. The van der Waals surface area contributed by atoms with Crippen molar-refractivity contribution >= 4 is 53.7 Å². The Morgan fingerprint density at radius 3 is 1.79 bits per heavy atom. The molecular weight excluding hydrogens is 957 g/mol. The van der Waals surface area contributed by atoms with E-state index in [1.807, 2.05) is 0 Å². The van der Waals surface area contributed by atoms with Crippen LogP contribution < -0.4 is 0 Å². The van der Waals surface area contributed by atoms with Gasteiger partial charge in [0.05, 0.1) is 49.0 Å². The molecule has 23 heteroatoms. The Balaban J connectivity index is 1.63. The second kappa shape index (κ2) is 25.5. The van der Waals surface area contributed by atoms with Crippen LogP contribution in [0.5, 0.6) is 0 Å². The first-order valence-electron chi connectivity index (χ1n) is 22.0. The molecule has 0 aromatic heterocycles. The van der Waals surface area contributed by atoms with E-state index in [9.17, 15) is 53.4 Å². The Morgan fingerprint density at radius 1 is 0.708 bits per heavy atom. The molecule has 5 rings (SSSR count). The molecule has 2 N–H and O–H groups in total. The molecule has 3 aromatic rings. The number of aromatic carboxylic acids is 1. The Morgan fingerprint density at radius 2 is 1.26 bits per heavy atom. The Bertz CT molecular complexity index is 2440. The minimum Gasteiger partial charge on any atom is -0.478 e. The maximum Gasteiger partial charge on any atom is 0.366 e. The molecule has 0 aliphatic carbocycles. The first kappa shape index (κ1) is 55.4. The highest BCUT2D eigenvalue weighted by Crippen LogP contribution is 2.40. The van der Waals surface area contributed by atoms with Crippen molar-refractivity contribution in [1.29, 1.82) is 0 Å². The molecule has 2 aliphatic rings. The summed E-state index contributed by atoms with van der Waals surface area (Å²) in [7, 11) is 0.892. The van der Waals surface area contributed by atoms with Crippen molar-refractivity contribution < 1.29 is 110 Å². The minimum atomic E-state index is -2.91. The number of carboxylic acid groups (broad SMARTS) is 1. The van der Waals surface area contributed by atoms with Crippen LogP contribution in [0.25, 0.3) is 0 Å². The van der Waals surface area contributed by atoms with Gasteiger partial charge in [0.25, 0.3) is 5.79 Å². The van der Waals surface area contributed by atoms with Crippen LogP contribution in [0.1, 0.15) is 75.5 Å². The highest BCUT2D eigenvalue weighted by Gasteiger charge is 2.61. The summed E-state index contributed by atoms with van der Waals surface area (Å²) in [4.78, 5) is 118. The highest BCUT2D eigenvalue weighted by molar-refractivity contribution is 6.02. The van der Waals surface area contributed by atoms with E-state index >= 15 is 0 Å². The molecule has 2 saturated heterocycles. The standard InChI is InChI=1S/C49H52O23/c1-7-22-62-47-42(71-45(58)31-18-12-9-13-19-31)40(70-44(57)30-16-10-8-11-17-30)37(54)35(68-47)25-64-49(48(60)61-6)23-34(65-27(3)51)38(69-46(59)33-21-15-14-20-32(33)43(55)56)41(72-49)39(67-29(5)53)36(66-28(4)52)24-63-26(2)50/h7-21,34-42,47,54H,1,22-25H2,2-6H3,(H,55,56)/t34-,35+,36?,37-,38+,39?,40-,41+,42+,47-,49+/m0/s1. The largest absolute Gasteiger partial charge is 0.478 e. The monoisotopic (exact) mass is 1010 g/mol. The molecule has 0 spiro atoms. The summed E-state index contributed by atoms with van der Waals surface area (Å²) in [5.74, 6) is -13.3. The molecule has 2 aliphatic heterocycles. The third-order valence-corrected chi connectivity index (χ3v) is 10.7. The van der Waals surface area contributed by atoms with Crippen molar-refractivity contribution in [2.45, 2.75) is 101 Å². The van der Waals surface area contributed by atoms with E-state index in [1.165, 1.54) is 42.5 Å². The van der Waals surface area contributed by atoms with Crippen molar-refractivity contribution in [1.82, 2.24) is 0 Å².